The van der Waals surface area contributed by atoms with Gasteiger partial charge in [-0.25, -0.2) is 4.79 Å². The molecule has 0 atom stereocenters. The fourth-order valence-corrected chi connectivity index (χ4v) is 1.32. The van der Waals surface area contributed by atoms with Crippen LogP contribution in [0, 0.1) is 6.92 Å². The van der Waals surface area contributed by atoms with Crippen LogP contribution in [-0.4, -0.2) is 18.3 Å². The summed E-state index contributed by atoms with van der Waals surface area (Å²) in [6.45, 7) is 1.93. The van der Waals surface area contributed by atoms with E-state index in [0.717, 1.165) is 5.56 Å². The van der Waals surface area contributed by atoms with E-state index in [1.807, 2.05) is 19.1 Å². The molecule has 1 aromatic carbocycles. The molecule has 2 aromatic rings. The second kappa shape index (κ2) is 4.69. The molecule has 0 saturated carbocycles. The number of ether oxygens (including phenoxy) is 1. The fourth-order valence-electron chi connectivity index (χ4n) is 1.32. The quantitative estimate of drug-likeness (QED) is 0.798. The van der Waals surface area contributed by atoms with Crippen LogP contribution in [-0.2, 0) is 0 Å². The van der Waals surface area contributed by atoms with Crippen molar-refractivity contribution in [3.63, 3.8) is 0 Å². The van der Waals surface area contributed by atoms with Crippen LogP contribution in [0.5, 0.6) is 5.75 Å². The maximum atomic E-state index is 11.7. The summed E-state index contributed by atoms with van der Waals surface area (Å²) in [7, 11) is 1.57. The largest absolute Gasteiger partial charge is 0.420 e. The zero-order valence-corrected chi connectivity index (χ0v) is 9.58. The van der Waals surface area contributed by atoms with Crippen LogP contribution in [0.1, 0.15) is 5.56 Å². The van der Waals surface area contributed by atoms with Crippen molar-refractivity contribution in [3.8, 4) is 5.75 Å². The van der Waals surface area contributed by atoms with Crippen LogP contribution >= 0.6 is 0 Å². The van der Waals surface area contributed by atoms with Gasteiger partial charge in [-0.1, -0.05) is 17.3 Å². The number of carbonyl (C=O) groups is 1. The van der Waals surface area contributed by atoms with Gasteiger partial charge in [-0.15, -0.1) is 0 Å². The lowest BCUT2D eigenvalue weighted by Gasteiger charge is -2.13. The molecule has 0 unspecified atom stereocenters. The van der Waals surface area contributed by atoms with Gasteiger partial charge in [0.1, 0.15) is 12.0 Å². The Morgan fingerprint density at radius 2 is 2.24 bits per heavy atom. The molecule has 0 radical (unpaired) electrons. The monoisotopic (exact) mass is 232 g/mol. The first kappa shape index (κ1) is 11.2. The van der Waals surface area contributed by atoms with Crippen LogP contribution in [0.15, 0.2) is 41.1 Å². The van der Waals surface area contributed by atoms with E-state index >= 15 is 0 Å². The highest BCUT2D eigenvalue weighted by atomic mass is 16.6. The van der Waals surface area contributed by atoms with Crippen molar-refractivity contribution < 1.29 is 14.1 Å². The van der Waals surface area contributed by atoms with Gasteiger partial charge in [0, 0.05) is 13.1 Å². The minimum absolute atomic E-state index is 0.405. The summed E-state index contributed by atoms with van der Waals surface area (Å²) in [5.41, 5.74) is 1.03. The number of nitrogens with zero attached hydrogens (tertiary/aromatic N) is 2. The van der Waals surface area contributed by atoms with E-state index < -0.39 is 6.09 Å². The Morgan fingerprint density at radius 1 is 1.41 bits per heavy atom. The van der Waals surface area contributed by atoms with Crippen molar-refractivity contribution in [2.75, 3.05) is 11.9 Å². The molecule has 0 aliphatic rings. The summed E-state index contributed by atoms with van der Waals surface area (Å²) in [5, 5.41) is 3.65. The van der Waals surface area contributed by atoms with Crippen LogP contribution in [0.25, 0.3) is 0 Å². The summed E-state index contributed by atoms with van der Waals surface area (Å²) in [6.07, 6.45) is 0.885. The van der Waals surface area contributed by atoms with Crippen molar-refractivity contribution in [2.24, 2.45) is 0 Å². The Kier molecular flexibility index (Phi) is 3.09. The van der Waals surface area contributed by atoms with Gasteiger partial charge >= 0.3 is 6.09 Å². The molecule has 1 heterocycles. The molecule has 0 N–H and O–H groups in total. The third kappa shape index (κ3) is 2.63. The van der Waals surface area contributed by atoms with E-state index in [4.69, 9.17) is 4.74 Å². The number of amides is 1. The number of aromatic nitrogens is 1. The summed E-state index contributed by atoms with van der Waals surface area (Å²) in [5.74, 6) is 0.910. The van der Waals surface area contributed by atoms with E-state index in [1.165, 1.54) is 11.2 Å². The zero-order chi connectivity index (χ0) is 12.3. The number of anilines is 1. The molecular weight excluding hydrogens is 220 g/mol. The molecule has 0 fully saturated rings. The summed E-state index contributed by atoms with van der Waals surface area (Å²) in [4.78, 5) is 13.0. The minimum Gasteiger partial charge on any atom is -0.410 e. The molecule has 0 aliphatic heterocycles. The third-order valence-electron chi connectivity index (χ3n) is 2.24. The molecule has 1 amide bonds. The number of aryl methyl sites for hydroxylation is 1. The van der Waals surface area contributed by atoms with E-state index in [2.05, 4.69) is 9.68 Å². The molecule has 0 spiro atoms. The maximum Gasteiger partial charge on any atom is 0.420 e. The molecule has 2 rings (SSSR count). The van der Waals surface area contributed by atoms with Gasteiger partial charge in [0.15, 0.2) is 5.82 Å². The van der Waals surface area contributed by atoms with Crippen molar-refractivity contribution in [1.82, 2.24) is 5.16 Å². The predicted octanol–water partition coefficient (Wildman–Crippen LogP) is 2.62. The summed E-state index contributed by atoms with van der Waals surface area (Å²) >= 11 is 0. The molecule has 88 valence electrons. The lowest BCUT2D eigenvalue weighted by molar-refractivity contribution is 0.208. The molecule has 0 bridgehead atoms. The average molecular weight is 232 g/mol. The molecule has 5 nitrogen and oxygen atoms in total. The molecule has 0 saturated heterocycles. The van der Waals surface area contributed by atoms with Gasteiger partial charge in [-0.05, 0) is 24.6 Å². The first-order valence-corrected chi connectivity index (χ1v) is 5.09. The average Bonchev–Trinajstić information content (AvgIpc) is 2.81. The molecule has 17 heavy (non-hydrogen) atoms. The molecule has 1 aromatic heterocycles. The SMILES string of the molecule is Cc1cccc(OC(=O)N(C)c2ccon2)c1. The van der Waals surface area contributed by atoms with E-state index in [0.29, 0.717) is 11.6 Å². The number of rotatable bonds is 2. The molecule has 5 heteroatoms. The van der Waals surface area contributed by atoms with Crippen LogP contribution < -0.4 is 9.64 Å². The number of hydrogen-bond donors (Lipinski definition) is 0. The van der Waals surface area contributed by atoms with Crippen LogP contribution in [0.3, 0.4) is 0 Å². The highest BCUT2D eigenvalue weighted by Gasteiger charge is 2.15. The Morgan fingerprint density at radius 3 is 2.88 bits per heavy atom. The third-order valence-corrected chi connectivity index (χ3v) is 2.24. The Bertz CT molecular complexity index is 508. The standard InChI is InChI=1S/C12H12N2O3/c1-9-4-3-5-10(8-9)17-12(15)14(2)11-6-7-16-13-11/h3-8H,1-2H3. The van der Waals surface area contributed by atoms with Gasteiger partial charge in [-0.3, -0.25) is 4.90 Å². The second-order valence-electron chi connectivity index (χ2n) is 3.60. The second-order valence-corrected chi connectivity index (χ2v) is 3.60. The van der Waals surface area contributed by atoms with E-state index in [9.17, 15) is 4.79 Å². The van der Waals surface area contributed by atoms with Gasteiger partial charge in [0.2, 0.25) is 0 Å². The van der Waals surface area contributed by atoms with Crippen molar-refractivity contribution >= 4 is 11.9 Å². The van der Waals surface area contributed by atoms with Crippen molar-refractivity contribution in [2.45, 2.75) is 6.92 Å². The van der Waals surface area contributed by atoms with Gasteiger partial charge in [0.25, 0.3) is 0 Å². The van der Waals surface area contributed by atoms with Gasteiger partial charge in [-0.2, -0.15) is 0 Å². The maximum absolute atomic E-state index is 11.7. The first-order valence-electron chi connectivity index (χ1n) is 5.09. The summed E-state index contributed by atoms with van der Waals surface area (Å²) in [6, 6.07) is 8.85. The van der Waals surface area contributed by atoms with Crippen molar-refractivity contribution in [3.05, 3.63) is 42.2 Å². The normalized spacial score (nSPS) is 10.0. The predicted molar refractivity (Wildman–Crippen MR) is 62.1 cm³/mol. The van der Waals surface area contributed by atoms with Crippen molar-refractivity contribution in [1.29, 1.82) is 0 Å². The Balaban J connectivity index is 2.07. The lowest BCUT2D eigenvalue weighted by Crippen LogP contribution is -2.29. The Labute approximate surface area is 98.6 Å². The number of benzene rings is 1. The fraction of sp³-hybridized carbons (Fsp3) is 0.167. The summed E-state index contributed by atoms with van der Waals surface area (Å²) < 4.78 is 9.84. The van der Waals surface area contributed by atoms with E-state index in [1.54, 1.807) is 25.2 Å². The van der Waals surface area contributed by atoms with Gasteiger partial charge < -0.3 is 9.26 Å². The highest BCUT2D eigenvalue weighted by Crippen LogP contribution is 2.15. The Hall–Kier alpha value is -2.30. The zero-order valence-electron chi connectivity index (χ0n) is 9.58. The topological polar surface area (TPSA) is 55.6 Å². The van der Waals surface area contributed by atoms with Crippen LogP contribution in [0.2, 0.25) is 0 Å². The van der Waals surface area contributed by atoms with Crippen LogP contribution in [0.4, 0.5) is 10.6 Å². The van der Waals surface area contributed by atoms with Gasteiger partial charge in [0.05, 0.1) is 0 Å². The van der Waals surface area contributed by atoms with E-state index in [-0.39, 0.29) is 0 Å². The lowest BCUT2D eigenvalue weighted by atomic mass is 10.2. The molecular formula is C12H12N2O3. The number of hydrogen-bond acceptors (Lipinski definition) is 4. The number of carbonyl (C=O) groups excluding carboxylic acids is 1. The highest BCUT2D eigenvalue weighted by molar-refractivity contribution is 5.87. The minimum atomic E-state index is -0.510. The first-order chi connectivity index (χ1) is 8.16. The molecule has 0 aliphatic carbocycles. The smallest absolute Gasteiger partial charge is 0.410 e.